The smallest absolute Gasteiger partial charge is 0.312 e. The predicted molar refractivity (Wildman–Crippen MR) is 81.7 cm³/mol. The summed E-state index contributed by atoms with van der Waals surface area (Å²) in [5.74, 6) is -0.0719. The standard InChI is InChI=1S/C18H24O2/c1-5-10-18(11-12-20-16(18)19)13-14-6-8-15(9-7-14)17(2,3)4/h5-9H,1,10-13H2,2-4H3. The normalized spacial score (nSPS) is 22.6. The van der Waals surface area contributed by atoms with E-state index in [0.29, 0.717) is 13.0 Å². The Morgan fingerprint density at radius 3 is 2.40 bits per heavy atom. The van der Waals surface area contributed by atoms with Crippen molar-refractivity contribution in [1.29, 1.82) is 0 Å². The molecule has 0 bridgehead atoms. The number of carbonyl (C=O) groups is 1. The van der Waals surface area contributed by atoms with Gasteiger partial charge in [-0.3, -0.25) is 4.79 Å². The summed E-state index contributed by atoms with van der Waals surface area (Å²) in [6.07, 6.45) is 4.05. The zero-order chi connectivity index (χ0) is 14.8. The van der Waals surface area contributed by atoms with E-state index in [0.717, 1.165) is 12.8 Å². The fraction of sp³-hybridized carbons (Fsp3) is 0.500. The average Bonchev–Trinajstić information content (AvgIpc) is 2.71. The molecule has 0 N–H and O–H groups in total. The summed E-state index contributed by atoms with van der Waals surface area (Å²) < 4.78 is 5.18. The largest absolute Gasteiger partial charge is 0.465 e. The first-order valence-corrected chi connectivity index (χ1v) is 7.25. The highest BCUT2D eigenvalue weighted by Gasteiger charge is 2.43. The summed E-state index contributed by atoms with van der Waals surface area (Å²) >= 11 is 0. The lowest BCUT2D eigenvalue weighted by Gasteiger charge is -2.24. The van der Waals surface area contributed by atoms with E-state index >= 15 is 0 Å². The van der Waals surface area contributed by atoms with Gasteiger partial charge in [0.25, 0.3) is 0 Å². The molecule has 1 atom stereocenters. The van der Waals surface area contributed by atoms with Crippen LogP contribution >= 0.6 is 0 Å². The van der Waals surface area contributed by atoms with Gasteiger partial charge in [0.15, 0.2) is 0 Å². The molecule has 2 rings (SSSR count). The molecule has 108 valence electrons. The van der Waals surface area contributed by atoms with Gasteiger partial charge >= 0.3 is 5.97 Å². The number of cyclic esters (lactones) is 1. The van der Waals surface area contributed by atoms with Crippen LogP contribution in [0.5, 0.6) is 0 Å². The Morgan fingerprint density at radius 2 is 1.95 bits per heavy atom. The molecule has 0 saturated carbocycles. The molecule has 1 fully saturated rings. The second-order valence-electron chi connectivity index (χ2n) is 6.78. The molecule has 1 aliphatic heterocycles. The van der Waals surface area contributed by atoms with Gasteiger partial charge in [-0.25, -0.2) is 0 Å². The van der Waals surface area contributed by atoms with Gasteiger partial charge in [0.05, 0.1) is 12.0 Å². The molecule has 0 spiro atoms. The van der Waals surface area contributed by atoms with Crippen molar-refractivity contribution in [3.63, 3.8) is 0 Å². The van der Waals surface area contributed by atoms with E-state index in [1.165, 1.54) is 11.1 Å². The number of rotatable bonds is 4. The summed E-state index contributed by atoms with van der Waals surface area (Å²) in [5.41, 5.74) is 2.26. The molecule has 1 saturated heterocycles. The summed E-state index contributed by atoms with van der Waals surface area (Å²) in [4.78, 5) is 12.0. The van der Waals surface area contributed by atoms with Crippen LogP contribution in [-0.4, -0.2) is 12.6 Å². The zero-order valence-electron chi connectivity index (χ0n) is 12.7. The SMILES string of the molecule is C=CCC1(Cc2ccc(C(C)(C)C)cc2)CCOC1=O. The van der Waals surface area contributed by atoms with Gasteiger partial charge in [-0.05, 0) is 35.8 Å². The molecule has 1 heterocycles. The second kappa shape index (κ2) is 5.43. The van der Waals surface area contributed by atoms with Gasteiger partial charge in [0.1, 0.15) is 0 Å². The number of esters is 1. The first-order chi connectivity index (χ1) is 9.37. The number of allylic oxidation sites excluding steroid dienone is 1. The third kappa shape index (κ3) is 2.95. The van der Waals surface area contributed by atoms with Crippen molar-refractivity contribution in [2.24, 2.45) is 5.41 Å². The van der Waals surface area contributed by atoms with Gasteiger partial charge in [-0.1, -0.05) is 51.1 Å². The minimum atomic E-state index is -0.398. The highest BCUT2D eigenvalue weighted by Crippen LogP contribution is 2.38. The van der Waals surface area contributed by atoms with Crippen LogP contribution in [0.25, 0.3) is 0 Å². The van der Waals surface area contributed by atoms with Crippen molar-refractivity contribution < 1.29 is 9.53 Å². The Labute approximate surface area is 121 Å². The molecular formula is C18H24O2. The van der Waals surface area contributed by atoms with E-state index in [1.54, 1.807) is 0 Å². The van der Waals surface area contributed by atoms with Crippen molar-refractivity contribution in [1.82, 2.24) is 0 Å². The van der Waals surface area contributed by atoms with Crippen LogP contribution in [0.4, 0.5) is 0 Å². The maximum atomic E-state index is 12.0. The molecule has 20 heavy (non-hydrogen) atoms. The van der Waals surface area contributed by atoms with Crippen LogP contribution in [-0.2, 0) is 21.4 Å². The van der Waals surface area contributed by atoms with Crippen LogP contribution in [0.2, 0.25) is 0 Å². The van der Waals surface area contributed by atoms with Crippen molar-refractivity contribution in [2.75, 3.05) is 6.61 Å². The monoisotopic (exact) mass is 272 g/mol. The van der Waals surface area contributed by atoms with Gasteiger partial charge < -0.3 is 4.74 Å². The molecular weight excluding hydrogens is 248 g/mol. The van der Waals surface area contributed by atoms with E-state index in [-0.39, 0.29) is 11.4 Å². The van der Waals surface area contributed by atoms with Gasteiger partial charge in [-0.15, -0.1) is 6.58 Å². The number of hydrogen-bond donors (Lipinski definition) is 0. The Hall–Kier alpha value is -1.57. The van der Waals surface area contributed by atoms with Crippen LogP contribution < -0.4 is 0 Å². The van der Waals surface area contributed by atoms with Crippen LogP contribution in [0, 0.1) is 5.41 Å². The molecule has 2 nitrogen and oxygen atoms in total. The van der Waals surface area contributed by atoms with Gasteiger partial charge in [0.2, 0.25) is 0 Å². The molecule has 1 unspecified atom stereocenters. The maximum Gasteiger partial charge on any atom is 0.312 e. The van der Waals surface area contributed by atoms with Gasteiger partial charge in [-0.2, -0.15) is 0 Å². The highest BCUT2D eigenvalue weighted by atomic mass is 16.5. The van der Waals surface area contributed by atoms with Crippen LogP contribution in [0.1, 0.15) is 44.7 Å². The fourth-order valence-electron chi connectivity index (χ4n) is 2.80. The van der Waals surface area contributed by atoms with Gasteiger partial charge in [0, 0.05) is 0 Å². The second-order valence-corrected chi connectivity index (χ2v) is 6.78. The molecule has 0 aliphatic carbocycles. The van der Waals surface area contributed by atoms with E-state index in [2.05, 4.69) is 51.6 Å². The number of carbonyl (C=O) groups excluding carboxylic acids is 1. The molecule has 1 aliphatic rings. The number of benzene rings is 1. The molecule has 0 amide bonds. The lowest BCUT2D eigenvalue weighted by atomic mass is 9.77. The zero-order valence-corrected chi connectivity index (χ0v) is 12.7. The minimum absolute atomic E-state index is 0.0719. The summed E-state index contributed by atoms with van der Waals surface area (Å²) in [5, 5.41) is 0. The third-order valence-electron chi connectivity index (χ3n) is 4.14. The first kappa shape index (κ1) is 14.8. The molecule has 1 aromatic carbocycles. The molecule has 2 heteroatoms. The van der Waals surface area contributed by atoms with E-state index in [9.17, 15) is 4.79 Å². The van der Waals surface area contributed by atoms with E-state index < -0.39 is 5.41 Å². The summed E-state index contributed by atoms with van der Waals surface area (Å²) in [6.45, 7) is 10.9. The lowest BCUT2D eigenvalue weighted by molar-refractivity contribution is -0.146. The fourth-order valence-corrected chi connectivity index (χ4v) is 2.80. The molecule has 1 aromatic rings. The average molecular weight is 272 g/mol. The Bertz CT molecular complexity index is 493. The minimum Gasteiger partial charge on any atom is -0.465 e. The summed E-state index contributed by atoms with van der Waals surface area (Å²) in [7, 11) is 0. The third-order valence-corrected chi connectivity index (χ3v) is 4.14. The van der Waals surface area contributed by atoms with Crippen LogP contribution in [0.15, 0.2) is 36.9 Å². The molecule has 0 radical (unpaired) electrons. The predicted octanol–water partition coefficient (Wildman–Crippen LogP) is 4.04. The topological polar surface area (TPSA) is 26.3 Å². The Kier molecular flexibility index (Phi) is 4.03. The number of hydrogen-bond acceptors (Lipinski definition) is 2. The Balaban J connectivity index is 2.20. The number of ether oxygens (including phenoxy) is 1. The quantitative estimate of drug-likeness (QED) is 0.611. The Morgan fingerprint density at radius 1 is 1.30 bits per heavy atom. The van der Waals surface area contributed by atoms with Crippen molar-refractivity contribution in [2.45, 2.75) is 45.4 Å². The van der Waals surface area contributed by atoms with Crippen LogP contribution in [0.3, 0.4) is 0 Å². The lowest BCUT2D eigenvalue weighted by Crippen LogP contribution is -2.28. The van der Waals surface area contributed by atoms with E-state index in [4.69, 9.17) is 4.74 Å². The van der Waals surface area contributed by atoms with E-state index in [1.807, 2.05) is 6.08 Å². The maximum absolute atomic E-state index is 12.0. The molecule has 0 aromatic heterocycles. The van der Waals surface area contributed by atoms with Crippen molar-refractivity contribution in [3.05, 3.63) is 48.0 Å². The van der Waals surface area contributed by atoms with Crippen molar-refractivity contribution in [3.8, 4) is 0 Å². The first-order valence-electron chi connectivity index (χ1n) is 7.25. The highest BCUT2D eigenvalue weighted by molar-refractivity contribution is 5.79. The van der Waals surface area contributed by atoms with Crippen molar-refractivity contribution >= 4 is 5.97 Å². The summed E-state index contributed by atoms with van der Waals surface area (Å²) in [6, 6.07) is 8.60.